The van der Waals surface area contributed by atoms with Gasteiger partial charge in [-0.25, -0.2) is 0 Å². The highest BCUT2D eigenvalue weighted by molar-refractivity contribution is 5.82. The third-order valence-electron chi connectivity index (χ3n) is 3.52. The molecule has 2 heterocycles. The quantitative estimate of drug-likeness (QED) is 0.812. The van der Waals surface area contributed by atoms with E-state index in [0.29, 0.717) is 13.1 Å². The van der Waals surface area contributed by atoms with Gasteiger partial charge in [0.25, 0.3) is 0 Å². The van der Waals surface area contributed by atoms with Crippen LogP contribution in [0.1, 0.15) is 19.0 Å². The predicted octanol–water partition coefficient (Wildman–Crippen LogP) is 1.03. The number of aromatic nitrogens is 1. The van der Waals surface area contributed by atoms with Gasteiger partial charge in [-0.1, -0.05) is 6.07 Å². The van der Waals surface area contributed by atoms with Crippen molar-refractivity contribution in [2.24, 2.45) is 0 Å². The fourth-order valence-electron chi connectivity index (χ4n) is 2.53. The summed E-state index contributed by atoms with van der Waals surface area (Å²) in [6.07, 6.45) is 1.97. The summed E-state index contributed by atoms with van der Waals surface area (Å²) in [5.74, 6) is 0.0237. The number of hydrogen-bond donors (Lipinski definition) is 0. The number of nitrogens with zero attached hydrogens (tertiary/aromatic N) is 4. The lowest BCUT2D eigenvalue weighted by atomic mass is 10.0. The average molecular weight is 258 g/mol. The molecule has 2 unspecified atom stereocenters. The molecule has 1 aliphatic heterocycles. The molecule has 0 bridgehead atoms. The van der Waals surface area contributed by atoms with Crippen molar-refractivity contribution in [3.05, 3.63) is 30.1 Å². The van der Waals surface area contributed by atoms with Crippen LogP contribution in [0.25, 0.3) is 0 Å². The summed E-state index contributed by atoms with van der Waals surface area (Å²) >= 11 is 0. The maximum atomic E-state index is 12.2. The lowest BCUT2D eigenvalue weighted by Gasteiger charge is -2.42. The Labute approximate surface area is 113 Å². The third-order valence-corrected chi connectivity index (χ3v) is 3.52. The summed E-state index contributed by atoms with van der Waals surface area (Å²) in [5, 5.41) is 8.93. The molecule has 0 aliphatic carbocycles. The van der Waals surface area contributed by atoms with Crippen molar-refractivity contribution in [1.82, 2.24) is 14.8 Å². The van der Waals surface area contributed by atoms with Crippen LogP contribution in [0.5, 0.6) is 0 Å². The van der Waals surface area contributed by atoms with Crippen LogP contribution in [-0.2, 0) is 11.3 Å². The number of piperazine rings is 1. The van der Waals surface area contributed by atoms with Crippen molar-refractivity contribution in [2.75, 3.05) is 13.6 Å². The highest BCUT2D eigenvalue weighted by Gasteiger charge is 2.37. The van der Waals surface area contributed by atoms with Gasteiger partial charge in [0.1, 0.15) is 6.04 Å². The van der Waals surface area contributed by atoms with Crippen molar-refractivity contribution >= 4 is 5.91 Å². The van der Waals surface area contributed by atoms with Gasteiger partial charge in [0.05, 0.1) is 18.2 Å². The summed E-state index contributed by atoms with van der Waals surface area (Å²) in [6, 6.07) is 7.73. The van der Waals surface area contributed by atoms with Gasteiger partial charge in [0.2, 0.25) is 5.91 Å². The fraction of sp³-hybridized carbons (Fsp3) is 0.500. The van der Waals surface area contributed by atoms with Gasteiger partial charge in [-0.3, -0.25) is 14.7 Å². The van der Waals surface area contributed by atoms with Crippen molar-refractivity contribution < 1.29 is 4.79 Å². The summed E-state index contributed by atoms with van der Waals surface area (Å²) in [5.41, 5.74) is 0.926. The SMILES string of the molecule is CC1CN(C)C(=O)C(CC#N)N1Cc1ccccn1. The smallest absolute Gasteiger partial charge is 0.240 e. The molecule has 1 aliphatic rings. The summed E-state index contributed by atoms with van der Waals surface area (Å²) < 4.78 is 0. The highest BCUT2D eigenvalue weighted by Crippen LogP contribution is 2.20. The van der Waals surface area contributed by atoms with Gasteiger partial charge in [-0.05, 0) is 19.1 Å². The van der Waals surface area contributed by atoms with Gasteiger partial charge in [0, 0.05) is 32.4 Å². The molecule has 1 fully saturated rings. The fourth-order valence-corrected chi connectivity index (χ4v) is 2.53. The number of carbonyl (C=O) groups excluding carboxylic acids is 1. The molecule has 5 heteroatoms. The normalized spacial score (nSPS) is 24.3. The lowest BCUT2D eigenvalue weighted by Crippen LogP contribution is -2.59. The molecule has 2 atom stereocenters. The highest BCUT2D eigenvalue weighted by atomic mass is 16.2. The maximum absolute atomic E-state index is 12.2. The minimum absolute atomic E-state index is 0.0237. The molecule has 5 nitrogen and oxygen atoms in total. The number of amides is 1. The van der Waals surface area contributed by atoms with Crippen LogP contribution >= 0.6 is 0 Å². The van der Waals surface area contributed by atoms with E-state index in [1.54, 1.807) is 18.1 Å². The Morgan fingerprint density at radius 2 is 2.32 bits per heavy atom. The van der Waals surface area contributed by atoms with E-state index >= 15 is 0 Å². The van der Waals surface area contributed by atoms with Crippen molar-refractivity contribution in [2.45, 2.75) is 32.0 Å². The first-order chi connectivity index (χ1) is 9.13. The molecule has 1 saturated heterocycles. The molecule has 0 saturated carbocycles. The number of carbonyl (C=O) groups is 1. The Hall–Kier alpha value is -1.93. The van der Waals surface area contributed by atoms with Gasteiger partial charge in [-0.2, -0.15) is 5.26 Å². The van der Waals surface area contributed by atoms with Crippen LogP contribution in [-0.4, -0.2) is 46.4 Å². The molecule has 0 aromatic carbocycles. The van der Waals surface area contributed by atoms with Crippen molar-refractivity contribution in [3.8, 4) is 6.07 Å². The summed E-state index contributed by atoms with van der Waals surface area (Å²) in [6.45, 7) is 3.37. The van der Waals surface area contributed by atoms with E-state index in [1.165, 1.54) is 0 Å². The first-order valence-electron chi connectivity index (χ1n) is 6.41. The molecule has 1 aromatic heterocycles. The van der Waals surface area contributed by atoms with Crippen molar-refractivity contribution in [1.29, 1.82) is 5.26 Å². The predicted molar refractivity (Wildman–Crippen MR) is 70.9 cm³/mol. The zero-order valence-electron chi connectivity index (χ0n) is 11.3. The molecule has 1 aromatic rings. The van der Waals surface area contributed by atoms with Crippen LogP contribution in [0.3, 0.4) is 0 Å². The van der Waals surface area contributed by atoms with E-state index < -0.39 is 0 Å². The van der Waals surface area contributed by atoms with E-state index in [4.69, 9.17) is 5.26 Å². The van der Waals surface area contributed by atoms with Gasteiger partial charge < -0.3 is 4.90 Å². The molecular weight excluding hydrogens is 240 g/mol. The Morgan fingerprint density at radius 3 is 2.95 bits per heavy atom. The van der Waals surface area contributed by atoms with E-state index in [9.17, 15) is 4.79 Å². The largest absolute Gasteiger partial charge is 0.343 e. The zero-order chi connectivity index (χ0) is 13.8. The number of nitriles is 1. The lowest BCUT2D eigenvalue weighted by molar-refractivity contribution is -0.143. The summed E-state index contributed by atoms with van der Waals surface area (Å²) in [4.78, 5) is 20.3. The van der Waals surface area contributed by atoms with Crippen LogP contribution in [0.4, 0.5) is 0 Å². The Morgan fingerprint density at radius 1 is 1.53 bits per heavy atom. The standard InChI is InChI=1S/C14H18N4O/c1-11-9-17(2)14(19)13(6-7-15)18(11)10-12-5-3-4-8-16-12/h3-5,8,11,13H,6,9-10H2,1-2H3. The number of rotatable bonds is 3. The molecule has 1 amide bonds. The second kappa shape index (κ2) is 5.81. The first-order valence-corrected chi connectivity index (χ1v) is 6.41. The van der Waals surface area contributed by atoms with E-state index in [2.05, 4.69) is 22.9 Å². The number of pyridine rings is 1. The Bertz CT molecular complexity index is 482. The summed E-state index contributed by atoms with van der Waals surface area (Å²) in [7, 11) is 1.79. The second-order valence-electron chi connectivity index (χ2n) is 4.94. The molecule has 0 N–H and O–H groups in total. The molecular formula is C14H18N4O. The molecule has 2 rings (SSSR count). The third kappa shape index (κ3) is 2.91. The van der Waals surface area contributed by atoms with E-state index in [0.717, 1.165) is 5.69 Å². The van der Waals surface area contributed by atoms with Gasteiger partial charge in [0.15, 0.2) is 0 Å². The molecule has 0 radical (unpaired) electrons. The Balaban J connectivity index is 2.20. The van der Waals surface area contributed by atoms with E-state index in [-0.39, 0.29) is 24.4 Å². The monoisotopic (exact) mass is 258 g/mol. The van der Waals surface area contributed by atoms with Crippen LogP contribution in [0.15, 0.2) is 24.4 Å². The van der Waals surface area contributed by atoms with Crippen molar-refractivity contribution in [3.63, 3.8) is 0 Å². The average Bonchev–Trinajstić information content (AvgIpc) is 2.41. The molecule has 100 valence electrons. The topological polar surface area (TPSA) is 60.2 Å². The first kappa shape index (κ1) is 13.5. The maximum Gasteiger partial charge on any atom is 0.240 e. The van der Waals surface area contributed by atoms with Crippen LogP contribution < -0.4 is 0 Å². The van der Waals surface area contributed by atoms with Crippen LogP contribution in [0, 0.1) is 11.3 Å². The van der Waals surface area contributed by atoms with Gasteiger partial charge >= 0.3 is 0 Å². The van der Waals surface area contributed by atoms with Gasteiger partial charge in [-0.15, -0.1) is 0 Å². The molecule has 0 spiro atoms. The zero-order valence-corrected chi connectivity index (χ0v) is 11.3. The van der Waals surface area contributed by atoms with Crippen LogP contribution in [0.2, 0.25) is 0 Å². The van der Waals surface area contributed by atoms with E-state index in [1.807, 2.05) is 18.2 Å². The minimum Gasteiger partial charge on any atom is -0.343 e. The minimum atomic E-state index is -0.360. The molecule has 19 heavy (non-hydrogen) atoms. The second-order valence-corrected chi connectivity index (χ2v) is 4.94. The number of likely N-dealkylation sites (N-methyl/N-ethyl adjacent to an activating group) is 1. The number of hydrogen-bond acceptors (Lipinski definition) is 4. The Kier molecular flexibility index (Phi) is 4.13.